The molecule has 0 aromatic heterocycles. The van der Waals surface area contributed by atoms with Crippen LogP contribution in [0.2, 0.25) is 0 Å². The molecule has 22 heavy (non-hydrogen) atoms. The first-order valence-corrected chi connectivity index (χ1v) is 9.17. The van der Waals surface area contributed by atoms with Crippen LogP contribution >= 0.6 is 11.8 Å². The summed E-state index contributed by atoms with van der Waals surface area (Å²) in [5.41, 5.74) is 0. The van der Waals surface area contributed by atoms with Crippen LogP contribution in [-0.4, -0.2) is 28.0 Å². The largest absolute Gasteiger partial charge is 1.00 e. The molecule has 1 unspecified atom stereocenters. The fraction of sp³-hybridized carbons (Fsp3) is 0.875. The van der Waals surface area contributed by atoms with Gasteiger partial charge < -0.3 is 15.0 Å². The Bertz CT molecular complexity index is 287. The molecule has 0 radical (unpaired) electrons. The summed E-state index contributed by atoms with van der Waals surface area (Å²) in [5, 5.41) is 18.4. The number of carboxylic acids is 2. The average molecular weight is 340 g/mol. The summed E-state index contributed by atoms with van der Waals surface area (Å²) in [7, 11) is 0. The summed E-state index contributed by atoms with van der Waals surface area (Å²) in [6.45, 7) is 2.22. The maximum atomic E-state index is 10.8. The van der Waals surface area contributed by atoms with Crippen molar-refractivity contribution in [1.82, 2.24) is 0 Å². The standard InChI is InChI=1S/C16H30O4S.Na/c1-2-3-4-5-6-7-8-9-10-11-12-21-14(16(19)20)13-15(17)18;/h14H,2-13H2,1H3,(H,17,18)(H,19,20);/q;+1/p-1. The molecule has 0 aliphatic carbocycles. The number of thioether (sulfide) groups is 1. The molecular formula is C16H29NaO4S. The van der Waals surface area contributed by atoms with E-state index in [4.69, 9.17) is 5.11 Å². The van der Waals surface area contributed by atoms with Gasteiger partial charge in [0.15, 0.2) is 0 Å². The molecule has 0 bridgehead atoms. The zero-order chi connectivity index (χ0) is 15.9. The molecule has 0 aliphatic rings. The first kappa shape index (κ1) is 24.5. The molecule has 0 aromatic carbocycles. The van der Waals surface area contributed by atoms with Gasteiger partial charge in [-0.05, 0) is 12.2 Å². The Balaban J connectivity index is 0. The quantitative estimate of drug-likeness (QED) is 0.341. The average Bonchev–Trinajstić information content (AvgIpc) is 2.42. The van der Waals surface area contributed by atoms with Crippen molar-refractivity contribution in [2.75, 3.05) is 5.75 Å². The van der Waals surface area contributed by atoms with Gasteiger partial charge in [-0.1, -0.05) is 64.7 Å². The second kappa shape index (κ2) is 17.6. The van der Waals surface area contributed by atoms with E-state index in [9.17, 15) is 14.7 Å². The minimum Gasteiger partial charge on any atom is -0.549 e. The van der Waals surface area contributed by atoms with Gasteiger partial charge in [0, 0.05) is 0 Å². The van der Waals surface area contributed by atoms with Gasteiger partial charge in [0.2, 0.25) is 0 Å². The Morgan fingerprint density at radius 2 is 1.41 bits per heavy atom. The van der Waals surface area contributed by atoms with Crippen molar-refractivity contribution in [3.8, 4) is 0 Å². The van der Waals surface area contributed by atoms with E-state index in [1.54, 1.807) is 0 Å². The number of hydrogen-bond donors (Lipinski definition) is 1. The maximum absolute atomic E-state index is 10.8. The van der Waals surface area contributed by atoms with E-state index in [1.165, 1.54) is 63.1 Å². The molecular weight excluding hydrogens is 311 g/mol. The van der Waals surface area contributed by atoms with Crippen LogP contribution in [0.3, 0.4) is 0 Å². The van der Waals surface area contributed by atoms with E-state index in [-0.39, 0.29) is 36.0 Å². The predicted octanol–water partition coefficient (Wildman–Crippen LogP) is 0.238. The molecule has 0 saturated heterocycles. The van der Waals surface area contributed by atoms with E-state index in [1.807, 2.05) is 0 Å². The summed E-state index contributed by atoms with van der Waals surface area (Å²) < 4.78 is 0. The number of aliphatic carboxylic acids is 2. The van der Waals surface area contributed by atoms with Crippen LogP contribution < -0.4 is 34.7 Å². The predicted molar refractivity (Wildman–Crippen MR) is 85.3 cm³/mol. The van der Waals surface area contributed by atoms with Crippen molar-refractivity contribution in [1.29, 1.82) is 0 Å². The smallest absolute Gasteiger partial charge is 0.549 e. The first-order valence-electron chi connectivity index (χ1n) is 8.12. The second-order valence-electron chi connectivity index (χ2n) is 5.46. The monoisotopic (exact) mass is 340 g/mol. The summed E-state index contributed by atoms with van der Waals surface area (Å²) in [4.78, 5) is 21.3. The molecule has 0 saturated carbocycles. The summed E-state index contributed by atoms with van der Waals surface area (Å²) in [5.74, 6) is -1.66. The summed E-state index contributed by atoms with van der Waals surface area (Å²) >= 11 is 1.19. The molecule has 0 aromatic rings. The maximum Gasteiger partial charge on any atom is 1.00 e. The molecule has 6 heteroatoms. The van der Waals surface area contributed by atoms with E-state index < -0.39 is 17.2 Å². The third-order valence-corrected chi connectivity index (χ3v) is 4.73. The number of unbranched alkanes of at least 4 members (excludes halogenated alkanes) is 9. The van der Waals surface area contributed by atoms with Gasteiger partial charge in [-0.3, -0.25) is 4.79 Å². The van der Waals surface area contributed by atoms with Gasteiger partial charge >= 0.3 is 35.5 Å². The van der Waals surface area contributed by atoms with Crippen LogP contribution in [0.1, 0.15) is 77.6 Å². The fourth-order valence-electron chi connectivity index (χ4n) is 2.18. The SMILES string of the molecule is CCCCCCCCCCCCSC(CC(=O)O)C(=O)[O-].[Na+]. The zero-order valence-electron chi connectivity index (χ0n) is 14.1. The summed E-state index contributed by atoms with van der Waals surface area (Å²) in [6.07, 6.45) is 12.0. The number of carbonyl (C=O) groups excluding carboxylic acids is 1. The Hall–Kier alpha value is 0.290. The third kappa shape index (κ3) is 16.7. The normalized spacial score (nSPS) is 11.7. The molecule has 0 heterocycles. The van der Waals surface area contributed by atoms with E-state index in [0.29, 0.717) is 5.75 Å². The molecule has 4 nitrogen and oxygen atoms in total. The van der Waals surface area contributed by atoms with Gasteiger partial charge in [0.05, 0.1) is 17.6 Å². The molecule has 1 atom stereocenters. The molecule has 0 rings (SSSR count). The number of carboxylic acid groups (broad SMARTS) is 2. The number of rotatable bonds is 15. The van der Waals surface area contributed by atoms with Crippen molar-refractivity contribution >= 4 is 23.7 Å². The third-order valence-electron chi connectivity index (χ3n) is 3.44. The van der Waals surface area contributed by atoms with Crippen molar-refractivity contribution in [3.05, 3.63) is 0 Å². The summed E-state index contributed by atoms with van der Waals surface area (Å²) in [6, 6.07) is 0. The molecule has 0 amide bonds. The molecule has 124 valence electrons. The second-order valence-corrected chi connectivity index (χ2v) is 6.77. The van der Waals surface area contributed by atoms with Crippen LogP contribution in [0.5, 0.6) is 0 Å². The topological polar surface area (TPSA) is 77.4 Å². The van der Waals surface area contributed by atoms with E-state index in [0.717, 1.165) is 12.8 Å². The van der Waals surface area contributed by atoms with E-state index in [2.05, 4.69) is 6.92 Å². The van der Waals surface area contributed by atoms with Crippen LogP contribution in [0, 0.1) is 0 Å². The Morgan fingerprint density at radius 3 is 1.82 bits per heavy atom. The Labute approximate surface area is 161 Å². The first-order chi connectivity index (χ1) is 10.1. The Morgan fingerprint density at radius 1 is 0.955 bits per heavy atom. The number of carbonyl (C=O) groups is 2. The van der Waals surface area contributed by atoms with Gasteiger partial charge in [0.1, 0.15) is 0 Å². The van der Waals surface area contributed by atoms with Gasteiger partial charge in [-0.25, -0.2) is 0 Å². The van der Waals surface area contributed by atoms with Crippen LogP contribution in [0.15, 0.2) is 0 Å². The molecule has 0 aliphatic heterocycles. The van der Waals surface area contributed by atoms with Crippen LogP contribution in [0.4, 0.5) is 0 Å². The zero-order valence-corrected chi connectivity index (χ0v) is 17.0. The van der Waals surface area contributed by atoms with Crippen molar-refractivity contribution < 1.29 is 49.4 Å². The van der Waals surface area contributed by atoms with Crippen molar-refractivity contribution in [3.63, 3.8) is 0 Å². The fourth-order valence-corrected chi connectivity index (χ4v) is 3.24. The molecule has 0 fully saturated rings. The minimum atomic E-state index is -1.27. The molecule has 1 N–H and O–H groups in total. The van der Waals surface area contributed by atoms with Gasteiger partial charge in [-0.2, -0.15) is 11.8 Å². The van der Waals surface area contributed by atoms with E-state index >= 15 is 0 Å². The Kier molecular flexibility index (Phi) is 19.7. The van der Waals surface area contributed by atoms with Crippen molar-refractivity contribution in [2.24, 2.45) is 0 Å². The van der Waals surface area contributed by atoms with Crippen molar-refractivity contribution in [2.45, 2.75) is 82.8 Å². The minimum absolute atomic E-state index is 0. The number of hydrogen-bond acceptors (Lipinski definition) is 4. The van der Waals surface area contributed by atoms with Crippen LogP contribution in [0.25, 0.3) is 0 Å². The van der Waals surface area contributed by atoms with Gasteiger partial charge in [0.25, 0.3) is 0 Å². The molecule has 0 spiro atoms. The van der Waals surface area contributed by atoms with Gasteiger partial charge in [-0.15, -0.1) is 0 Å². The van der Waals surface area contributed by atoms with Crippen LogP contribution in [-0.2, 0) is 9.59 Å².